The number of nitriles is 1. The van der Waals surface area contributed by atoms with E-state index in [0.717, 1.165) is 52.7 Å². The minimum absolute atomic E-state index is 0.250. The molecule has 168 valence electrons. The van der Waals surface area contributed by atoms with Crippen LogP contribution in [0.2, 0.25) is 10.0 Å². The molecule has 0 saturated carbocycles. The van der Waals surface area contributed by atoms with Crippen molar-refractivity contribution in [1.29, 1.82) is 5.26 Å². The number of aromatic nitrogens is 1. The first-order chi connectivity index (χ1) is 15.3. The van der Waals surface area contributed by atoms with Crippen LogP contribution in [0.3, 0.4) is 0 Å². The highest BCUT2D eigenvalue weighted by molar-refractivity contribution is 6.36. The molecule has 0 spiro atoms. The maximum absolute atomic E-state index is 10.5. The van der Waals surface area contributed by atoms with Crippen molar-refractivity contribution in [3.05, 3.63) is 68.3 Å². The Hall–Kier alpha value is -2.52. The lowest BCUT2D eigenvalue weighted by molar-refractivity contribution is -0.109. The van der Waals surface area contributed by atoms with Gasteiger partial charge in [0.2, 0.25) is 6.41 Å². The minimum atomic E-state index is 0.250. The van der Waals surface area contributed by atoms with Gasteiger partial charge in [-0.3, -0.25) is 4.79 Å². The van der Waals surface area contributed by atoms with Crippen LogP contribution in [-0.2, 0) is 24.7 Å². The average molecular weight is 471 g/mol. The van der Waals surface area contributed by atoms with Crippen LogP contribution < -0.4 is 5.32 Å². The van der Waals surface area contributed by atoms with Crippen molar-refractivity contribution in [3.8, 4) is 6.07 Å². The van der Waals surface area contributed by atoms with Crippen LogP contribution in [-0.4, -0.2) is 42.1 Å². The molecule has 1 amide bonds. The Kier molecular flexibility index (Phi) is 7.84. The Labute approximate surface area is 199 Å². The van der Waals surface area contributed by atoms with Crippen LogP contribution >= 0.6 is 23.2 Å². The number of likely N-dealkylation sites (N-methyl/N-ethyl adjacent to an activating group) is 1. The van der Waals surface area contributed by atoms with Crippen molar-refractivity contribution in [3.63, 3.8) is 0 Å². The Bertz CT molecular complexity index is 1180. The van der Waals surface area contributed by atoms with Gasteiger partial charge in [0.25, 0.3) is 0 Å². The normalized spacial score (nSPS) is 12.2. The van der Waals surface area contributed by atoms with Crippen LogP contribution in [0.1, 0.15) is 34.9 Å². The van der Waals surface area contributed by atoms with Crippen LogP contribution in [0, 0.1) is 18.3 Å². The summed E-state index contributed by atoms with van der Waals surface area (Å²) in [5.41, 5.74) is 5.81. The van der Waals surface area contributed by atoms with Gasteiger partial charge in [-0.15, -0.1) is 0 Å². The Balaban J connectivity index is 1.88. The molecule has 1 unspecified atom stereocenters. The summed E-state index contributed by atoms with van der Waals surface area (Å²) in [6.07, 6.45) is 2.10. The second kappa shape index (κ2) is 10.4. The SMILES string of the molecule is Cc1cc(C#N)cc2c1cc(Cc1c(Cl)ccc(CC(C)N(C)CCNC=O)c1Cl)n2C. The van der Waals surface area contributed by atoms with Gasteiger partial charge in [-0.1, -0.05) is 29.3 Å². The molecule has 0 saturated heterocycles. The molecule has 2 aromatic carbocycles. The van der Waals surface area contributed by atoms with E-state index in [1.54, 1.807) is 0 Å². The highest BCUT2D eigenvalue weighted by Crippen LogP contribution is 2.33. The van der Waals surface area contributed by atoms with Gasteiger partial charge in [0, 0.05) is 59.2 Å². The molecule has 32 heavy (non-hydrogen) atoms. The number of hydrogen-bond donors (Lipinski definition) is 1. The molecule has 0 aliphatic heterocycles. The molecule has 0 fully saturated rings. The van der Waals surface area contributed by atoms with Crippen molar-refractivity contribution < 1.29 is 4.79 Å². The molecule has 1 atom stereocenters. The molecule has 0 aliphatic carbocycles. The van der Waals surface area contributed by atoms with Crippen LogP contribution in [0.15, 0.2) is 30.3 Å². The predicted octanol–water partition coefficient (Wildman–Crippen LogP) is 4.86. The molecule has 0 aliphatic rings. The van der Waals surface area contributed by atoms with E-state index >= 15 is 0 Å². The Morgan fingerprint density at radius 1 is 1.28 bits per heavy atom. The summed E-state index contributed by atoms with van der Waals surface area (Å²) >= 11 is 13.4. The van der Waals surface area contributed by atoms with E-state index in [0.29, 0.717) is 28.6 Å². The number of benzene rings is 2. The summed E-state index contributed by atoms with van der Waals surface area (Å²) in [7, 11) is 4.05. The third-order valence-electron chi connectivity index (χ3n) is 6.18. The van der Waals surface area contributed by atoms with E-state index in [1.165, 1.54) is 0 Å². The number of aryl methyl sites for hydroxylation is 2. The lowest BCUT2D eigenvalue weighted by Gasteiger charge is -2.25. The van der Waals surface area contributed by atoms with Gasteiger partial charge in [0.1, 0.15) is 0 Å². The highest BCUT2D eigenvalue weighted by atomic mass is 35.5. The number of carbonyl (C=O) groups is 1. The molecule has 3 aromatic rings. The second-order valence-electron chi connectivity index (χ2n) is 8.31. The quantitative estimate of drug-likeness (QED) is 0.358. The molecular weight excluding hydrogens is 443 g/mol. The smallest absolute Gasteiger partial charge is 0.207 e. The number of nitrogens with one attached hydrogen (secondary N) is 1. The molecule has 1 N–H and O–H groups in total. The molecular formula is C25H28Cl2N4O. The standard InChI is InChI=1S/C25H28Cl2N4O/c1-16-9-18(14-28)11-24-21(16)12-20(31(24)4)13-22-23(26)6-5-19(25(22)27)10-17(2)30(3)8-7-29-15-32/h5-6,9,11-12,15,17H,7-8,10,13H2,1-4H3,(H,29,32). The molecule has 5 nitrogen and oxygen atoms in total. The number of hydrogen-bond acceptors (Lipinski definition) is 3. The molecule has 1 aromatic heterocycles. The Morgan fingerprint density at radius 3 is 2.72 bits per heavy atom. The van der Waals surface area contributed by atoms with Crippen molar-refractivity contribution in [2.75, 3.05) is 20.1 Å². The average Bonchev–Trinajstić information content (AvgIpc) is 3.09. The topological polar surface area (TPSA) is 61.1 Å². The molecule has 0 bridgehead atoms. The first-order valence-corrected chi connectivity index (χ1v) is 11.3. The minimum Gasteiger partial charge on any atom is -0.357 e. The lowest BCUT2D eigenvalue weighted by atomic mass is 10.0. The van der Waals surface area contributed by atoms with Gasteiger partial charge < -0.3 is 14.8 Å². The van der Waals surface area contributed by atoms with Gasteiger partial charge in [0.05, 0.1) is 11.6 Å². The van der Waals surface area contributed by atoms with E-state index in [2.05, 4.69) is 33.8 Å². The first-order valence-electron chi connectivity index (χ1n) is 10.6. The molecule has 1 heterocycles. The third-order valence-corrected chi connectivity index (χ3v) is 7.01. The van der Waals surface area contributed by atoms with Gasteiger partial charge in [-0.2, -0.15) is 5.26 Å². The summed E-state index contributed by atoms with van der Waals surface area (Å²) in [4.78, 5) is 12.7. The highest BCUT2D eigenvalue weighted by Gasteiger charge is 2.18. The van der Waals surface area contributed by atoms with Crippen molar-refractivity contribution in [2.24, 2.45) is 7.05 Å². The molecule has 7 heteroatoms. The van der Waals surface area contributed by atoms with E-state index in [1.807, 2.05) is 45.3 Å². The van der Waals surface area contributed by atoms with Crippen molar-refractivity contribution in [2.45, 2.75) is 32.7 Å². The van der Waals surface area contributed by atoms with Crippen molar-refractivity contribution in [1.82, 2.24) is 14.8 Å². The number of halogens is 2. The summed E-state index contributed by atoms with van der Waals surface area (Å²) in [6.45, 7) is 5.54. The predicted molar refractivity (Wildman–Crippen MR) is 132 cm³/mol. The zero-order chi connectivity index (χ0) is 23.4. The summed E-state index contributed by atoms with van der Waals surface area (Å²) < 4.78 is 2.11. The van der Waals surface area contributed by atoms with Gasteiger partial charge in [0.15, 0.2) is 0 Å². The zero-order valence-corrected chi connectivity index (χ0v) is 20.4. The summed E-state index contributed by atoms with van der Waals surface area (Å²) in [6, 6.07) is 12.4. The molecule has 3 rings (SSSR count). The van der Waals surface area contributed by atoms with Gasteiger partial charge in [-0.25, -0.2) is 0 Å². The number of carbonyl (C=O) groups excluding carboxylic acids is 1. The van der Waals surface area contributed by atoms with E-state index in [-0.39, 0.29) is 6.04 Å². The lowest BCUT2D eigenvalue weighted by Crippen LogP contribution is -2.36. The third kappa shape index (κ3) is 5.10. The Morgan fingerprint density at radius 2 is 2.03 bits per heavy atom. The zero-order valence-electron chi connectivity index (χ0n) is 18.9. The van der Waals surface area contributed by atoms with E-state index < -0.39 is 0 Å². The summed E-state index contributed by atoms with van der Waals surface area (Å²) in [5.74, 6) is 0. The van der Waals surface area contributed by atoms with Crippen LogP contribution in [0.5, 0.6) is 0 Å². The fraction of sp³-hybridized carbons (Fsp3) is 0.360. The van der Waals surface area contributed by atoms with Crippen LogP contribution in [0.4, 0.5) is 0 Å². The maximum Gasteiger partial charge on any atom is 0.207 e. The second-order valence-corrected chi connectivity index (χ2v) is 9.10. The van der Waals surface area contributed by atoms with Crippen molar-refractivity contribution >= 4 is 40.5 Å². The number of amides is 1. The monoisotopic (exact) mass is 470 g/mol. The number of rotatable bonds is 9. The fourth-order valence-corrected chi connectivity index (χ4v) is 4.62. The van der Waals surface area contributed by atoms with Gasteiger partial charge >= 0.3 is 0 Å². The number of fused-ring (bicyclic) bond motifs is 1. The number of nitrogens with zero attached hydrogens (tertiary/aromatic N) is 3. The van der Waals surface area contributed by atoms with E-state index in [9.17, 15) is 10.1 Å². The van der Waals surface area contributed by atoms with Gasteiger partial charge in [-0.05, 0) is 68.3 Å². The summed E-state index contributed by atoms with van der Waals surface area (Å²) in [5, 5.41) is 14.5. The van der Waals surface area contributed by atoms with Crippen LogP contribution in [0.25, 0.3) is 10.9 Å². The maximum atomic E-state index is 10.5. The largest absolute Gasteiger partial charge is 0.357 e. The first kappa shape index (κ1) is 24.1. The molecule has 0 radical (unpaired) electrons. The van der Waals surface area contributed by atoms with E-state index in [4.69, 9.17) is 23.2 Å². The fourth-order valence-electron chi connectivity index (χ4n) is 4.04.